The summed E-state index contributed by atoms with van der Waals surface area (Å²) in [5.74, 6) is -0.167. The number of alkyl halides is 3. The lowest BCUT2D eigenvalue weighted by molar-refractivity contribution is -0.384. The Labute approximate surface area is 217 Å². The zero-order valence-corrected chi connectivity index (χ0v) is 21.3. The number of carbonyl (C=O) groups excluding carboxylic acids is 1. The fourth-order valence-corrected chi connectivity index (χ4v) is 4.00. The number of hydrogen-bond acceptors (Lipinski definition) is 9. The van der Waals surface area contributed by atoms with Crippen LogP contribution in [-0.4, -0.2) is 45.5 Å². The second-order valence-corrected chi connectivity index (χ2v) is 9.94. The van der Waals surface area contributed by atoms with E-state index in [1.807, 2.05) is 0 Å². The van der Waals surface area contributed by atoms with Gasteiger partial charge in [0.15, 0.2) is 0 Å². The van der Waals surface area contributed by atoms with Gasteiger partial charge in [0.25, 0.3) is 0 Å². The highest BCUT2D eigenvalue weighted by atomic mass is 19.4. The van der Waals surface area contributed by atoms with Crippen molar-refractivity contribution in [3.8, 4) is 5.75 Å². The van der Waals surface area contributed by atoms with Gasteiger partial charge in [-0.1, -0.05) is 18.2 Å². The molecular formula is C24H31F3N6O5. The van der Waals surface area contributed by atoms with E-state index in [0.717, 1.165) is 31.9 Å². The summed E-state index contributed by atoms with van der Waals surface area (Å²) >= 11 is 0. The fraction of sp³-hybridized carbons (Fsp3) is 0.542. The number of halogens is 3. The maximum Gasteiger partial charge on any atom is 0.573 e. The van der Waals surface area contributed by atoms with E-state index in [1.54, 1.807) is 26.8 Å². The number of aromatic nitrogens is 2. The van der Waals surface area contributed by atoms with Crippen LogP contribution in [0, 0.1) is 16.0 Å². The third-order valence-electron chi connectivity index (χ3n) is 5.73. The van der Waals surface area contributed by atoms with Gasteiger partial charge >= 0.3 is 18.1 Å². The molecule has 1 saturated carbocycles. The molecule has 11 nitrogen and oxygen atoms in total. The normalized spacial score (nSPS) is 17.8. The van der Waals surface area contributed by atoms with Crippen LogP contribution in [0.4, 0.5) is 35.4 Å². The summed E-state index contributed by atoms with van der Waals surface area (Å²) in [6.07, 6.45) is -1.21. The molecular weight excluding hydrogens is 509 g/mol. The molecule has 38 heavy (non-hydrogen) atoms. The van der Waals surface area contributed by atoms with E-state index in [2.05, 4.69) is 30.7 Å². The highest BCUT2D eigenvalue weighted by Gasteiger charge is 2.32. The van der Waals surface area contributed by atoms with Gasteiger partial charge in [-0.05, 0) is 58.4 Å². The number of nitro groups is 1. The van der Waals surface area contributed by atoms with E-state index < -0.39 is 23.0 Å². The van der Waals surface area contributed by atoms with Gasteiger partial charge in [-0.2, -0.15) is 4.98 Å². The Morgan fingerprint density at radius 2 is 1.82 bits per heavy atom. The summed E-state index contributed by atoms with van der Waals surface area (Å²) in [7, 11) is 0. The summed E-state index contributed by atoms with van der Waals surface area (Å²) in [5, 5.41) is 20.2. The van der Waals surface area contributed by atoms with E-state index in [4.69, 9.17) is 4.74 Å². The second-order valence-electron chi connectivity index (χ2n) is 9.94. The fourth-order valence-electron chi connectivity index (χ4n) is 4.00. The molecule has 0 atom stereocenters. The predicted octanol–water partition coefficient (Wildman–Crippen LogP) is 5.39. The van der Waals surface area contributed by atoms with Crippen LogP contribution >= 0.6 is 0 Å². The number of anilines is 2. The highest BCUT2D eigenvalue weighted by Crippen LogP contribution is 2.29. The molecule has 3 rings (SSSR count). The quantitative estimate of drug-likeness (QED) is 0.282. The SMILES string of the molecule is CC(C)(C)OC(=O)N[C@H]1CC[C@H](CNc2nc(NCc3ccccc3OC(F)(F)F)ncc2[N+](=O)[O-])CC1. The van der Waals surface area contributed by atoms with Crippen molar-refractivity contribution >= 4 is 23.5 Å². The number of carbonyl (C=O) groups is 1. The molecule has 1 fully saturated rings. The van der Waals surface area contributed by atoms with Crippen LogP contribution in [0.3, 0.4) is 0 Å². The Morgan fingerprint density at radius 1 is 1.13 bits per heavy atom. The van der Waals surface area contributed by atoms with E-state index in [1.165, 1.54) is 18.2 Å². The van der Waals surface area contributed by atoms with Gasteiger partial charge in [0.05, 0.1) is 4.92 Å². The second kappa shape index (κ2) is 12.1. The lowest BCUT2D eigenvalue weighted by Crippen LogP contribution is -2.41. The van der Waals surface area contributed by atoms with Crippen molar-refractivity contribution < 1.29 is 32.4 Å². The van der Waals surface area contributed by atoms with E-state index in [-0.39, 0.29) is 47.3 Å². The minimum Gasteiger partial charge on any atom is -0.444 e. The van der Waals surface area contributed by atoms with E-state index in [9.17, 15) is 28.1 Å². The molecule has 0 spiro atoms. The van der Waals surface area contributed by atoms with Gasteiger partial charge in [0.2, 0.25) is 11.8 Å². The van der Waals surface area contributed by atoms with Crippen LogP contribution in [0.25, 0.3) is 0 Å². The molecule has 1 heterocycles. The van der Waals surface area contributed by atoms with Crippen molar-refractivity contribution in [1.82, 2.24) is 15.3 Å². The molecule has 1 aromatic heterocycles. The first-order chi connectivity index (χ1) is 17.8. The summed E-state index contributed by atoms with van der Waals surface area (Å²) in [6, 6.07) is 5.60. The first-order valence-corrected chi connectivity index (χ1v) is 12.1. The Balaban J connectivity index is 1.57. The van der Waals surface area contributed by atoms with Gasteiger partial charge in [-0.15, -0.1) is 13.2 Å². The van der Waals surface area contributed by atoms with Crippen molar-refractivity contribution in [1.29, 1.82) is 0 Å². The van der Waals surface area contributed by atoms with Crippen molar-refractivity contribution in [3.63, 3.8) is 0 Å². The molecule has 0 aliphatic heterocycles. The molecule has 14 heteroatoms. The van der Waals surface area contributed by atoms with Gasteiger partial charge in [0.1, 0.15) is 17.5 Å². The average Bonchev–Trinajstić information content (AvgIpc) is 2.81. The van der Waals surface area contributed by atoms with E-state index in [0.29, 0.717) is 6.54 Å². The lowest BCUT2D eigenvalue weighted by atomic mass is 9.86. The Morgan fingerprint density at radius 3 is 2.45 bits per heavy atom. The number of ether oxygens (including phenoxy) is 2. The van der Waals surface area contributed by atoms with Gasteiger partial charge in [-0.3, -0.25) is 10.1 Å². The lowest BCUT2D eigenvalue weighted by Gasteiger charge is -2.30. The van der Waals surface area contributed by atoms with Crippen LogP contribution in [0.2, 0.25) is 0 Å². The molecule has 1 aromatic carbocycles. The van der Waals surface area contributed by atoms with E-state index >= 15 is 0 Å². The Bertz CT molecular complexity index is 1120. The number of nitrogens with one attached hydrogen (secondary N) is 3. The number of nitrogens with zero attached hydrogens (tertiary/aromatic N) is 3. The molecule has 0 radical (unpaired) electrons. The van der Waals surface area contributed by atoms with Crippen molar-refractivity contribution in [3.05, 3.63) is 46.1 Å². The van der Waals surface area contributed by atoms with Crippen LogP contribution in [-0.2, 0) is 11.3 Å². The molecule has 1 aliphatic carbocycles. The third kappa shape index (κ3) is 9.23. The first-order valence-electron chi connectivity index (χ1n) is 12.1. The number of alkyl carbamates (subject to hydrolysis) is 1. The average molecular weight is 541 g/mol. The molecule has 0 bridgehead atoms. The van der Waals surface area contributed by atoms with Crippen LogP contribution in [0.5, 0.6) is 5.75 Å². The van der Waals surface area contributed by atoms with Crippen molar-refractivity contribution in [2.45, 2.75) is 71.0 Å². The monoisotopic (exact) mass is 540 g/mol. The third-order valence-corrected chi connectivity index (χ3v) is 5.73. The predicted molar refractivity (Wildman–Crippen MR) is 133 cm³/mol. The number of para-hydroxylation sites is 1. The Hall–Kier alpha value is -3.84. The maximum absolute atomic E-state index is 12.7. The number of hydrogen-bond donors (Lipinski definition) is 3. The van der Waals surface area contributed by atoms with Crippen LogP contribution < -0.4 is 20.7 Å². The topological polar surface area (TPSA) is 141 Å². The van der Waals surface area contributed by atoms with Gasteiger partial charge < -0.3 is 25.4 Å². The minimum atomic E-state index is -4.85. The molecule has 0 unspecified atom stereocenters. The zero-order chi connectivity index (χ0) is 27.9. The molecule has 2 aromatic rings. The number of rotatable bonds is 9. The van der Waals surface area contributed by atoms with Gasteiger partial charge in [-0.25, -0.2) is 9.78 Å². The summed E-state index contributed by atoms with van der Waals surface area (Å²) in [4.78, 5) is 30.9. The largest absolute Gasteiger partial charge is 0.573 e. The summed E-state index contributed by atoms with van der Waals surface area (Å²) < 4.78 is 47.3. The summed E-state index contributed by atoms with van der Waals surface area (Å²) in [6.45, 7) is 5.70. The molecule has 1 aliphatic rings. The zero-order valence-electron chi connectivity index (χ0n) is 21.3. The summed E-state index contributed by atoms with van der Waals surface area (Å²) in [5.41, 5.74) is -0.694. The smallest absolute Gasteiger partial charge is 0.444 e. The van der Waals surface area contributed by atoms with Gasteiger partial charge in [0, 0.05) is 24.7 Å². The van der Waals surface area contributed by atoms with Crippen molar-refractivity contribution in [2.24, 2.45) is 5.92 Å². The highest BCUT2D eigenvalue weighted by molar-refractivity contribution is 5.68. The minimum absolute atomic E-state index is 0.00123. The molecule has 208 valence electrons. The Kier molecular flexibility index (Phi) is 9.17. The first kappa shape index (κ1) is 28.7. The number of benzene rings is 1. The molecule has 3 N–H and O–H groups in total. The molecule has 1 amide bonds. The standard InChI is InChI=1S/C24H31F3N6O5/c1-23(2,3)38-22(34)31-17-10-8-15(9-11-17)12-28-20-18(33(35)36)14-30-21(32-20)29-13-16-6-4-5-7-19(16)37-24(25,26)27/h4-7,14-15,17H,8-13H2,1-3H3,(H,31,34)(H2,28,29,30,32)/t15-,17-. The molecule has 0 saturated heterocycles. The van der Waals surface area contributed by atoms with Crippen LogP contribution in [0.15, 0.2) is 30.5 Å². The number of amides is 1. The van der Waals surface area contributed by atoms with Crippen LogP contribution in [0.1, 0.15) is 52.0 Å². The maximum atomic E-state index is 12.7. The van der Waals surface area contributed by atoms with Crippen molar-refractivity contribution in [2.75, 3.05) is 17.2 Å².